The van der Waals surface area contributed by atoms with Crippen molar-refractivity contribution in [2.24, 2.45) is 10.8 Å². The van der Waals surface area contributed by atoms with Crippen LogP contribution in [0.3, 0.4) is 0 Å². The Kier molecular flexibility index (Phi) is 2.30. The first kappa shape index (κ1) is 8.10. The van der Waals surface area contributed by atoms with Crippen LogP contribution >= 0.6 is 0 Å². The van der Waals surface area contributed by atoms with Gasteiger partial charge in [0.1, 0.15) is 0 Å². The second-order valence-corrected chi connectivity index (χ2v) is 2.10. The quantitative estimate of drug-likeness (QED) is 0.400. The molecule has 60 valence electrons. The molecular formula is C7H6N4O. The van der Waals surface area contributed by atoms with E-state index < -0.39 is 5.91 Å². The first-order valence-electron chi connectivity index (χ1n) is 3.19. The van der Waals surface area contributed by atoms with E-state index in [4.69, 9.17) is 11.3 Å². The number of hydrogen-bond acceptors (Lipinski definition) is 2. The molecule has 1 rings (SSSR count). The van der Waals surface area contributed by atoms with Crippen molar-refractivity contribution in [3.05, 3.63) is 40.3 Å². The second kappa shape index (κ2) is 3.41. The summed E-state index contributed by atoms with van der Waals surface area (Å²) in [5.41, 5.74) is 13.9. The van der Waals surface area contributed by atoms with Crippen LogP contribution in [0.5, 0.6) is 0 Å². The Balaban J connectivity index is 3.00. The summed E-state index contributed by atoms with van der Waals surface area (Å²) in [6.45, 7) is 0. The lowest BCUT2D eigenvalue weighted by molar-refractivity contribution is 0.100. The lowest BCUT2D eigenvalue weighted by Crippen LogP contribution is -2.10. The van der Waals surface area contributed by atoms with Crippen molar-refractivity contribution in [2.45, 2.75) is 0 Å². The highest BCUT2D eigenvalue weighted by atomic mass is 16.1. The molecule has 0 unspecified atom stereocenters. The van der Waals surface area contributed by atoms with Gasteiger partial charge in [-0.15, -0.1) is 0 Å². The van der Waals surface area contributed by atoms with Crippen LogP contribution in [0.1, 0.15) is 10.4 Å². The number of amides is 1. The lowest BCUT2D eigenvalue weighted by atomic mass is 10.2. The van der Waals surface area contributed by atoms with Gasteiger partial charge in [0.15, 0.2) is 0 Å². The molecule has 5 nitrogen and oxygen atoms in total. The van der Waals surface area contributed by atoms with Crippen LogP contribution in [0.4, 0.5) is 5.69 Å². The molecule has 0 bridgehead atoms. The molecule has 0 heterocycles. The summed E-state index contributed by atoms with van der Waals surface area (Å²) in [6, 6.07) is 6.07. The minimum absolute atomic E-state index is 0.395. The molecule has 12 heavy (non-hydrogen) atoms. The average molecular weight is 162 g/mol. The largest absolute Gasteiger partial charge is 0.366 e. The van der Waals surface area contributed by atoms with Crippen molar-refractivity contribution in [3.8, 4) is 0 Å². The highest BCUT2D eigenvalue weighted by molar-refractivity contribution is 5.92. The zero-order chi connectivity index (χ0) is 8.97. The molecule has 1 aromatic carbocycles. The number of nitrogens with zero attached hydrogens (tertiary/aromatic N) is 3. The van der Waals surface area contributed by atoms with Gasteiger partial charge in [-0.2, -0.15) is 0 Å². The van der Waals surface area contributed by atoms with Crippen LogP contribution in [0, 0.1) is 0 Å². The smallest absolute Gasteiger partial charge is 0.248 e. The Bertz CT molecular complexity index is 316. The molecule has 2 N–H and O–H groups in total. The number of azide groups is 1. The Hall–Kier alpha value is -2.00. The first-order valence-corrected chi connectivity index (χ1v) is 3.19. The number of benzene rings is 1. The minimum Gasteiger partial charge on any atom is -0.366 e. The Morgan fingerprint density at radius 1 is 1.42 bits per heavy atom. The maximum Gasteiger partial charge on any atom is 0.248 e. The summed E-state index contributed by atoms with van der Waals surface area (Å²) >= 11 is 0. The molecule has 0 saturated heterocycles. The molecule has 5 heteroatoms. The molecule has 1 amide bonds. The van der Waals surface area contributed by atoms with Gasteiger partial charge in [-0.3, -0.25) is 4.79 Å². The van der Waals surface area contributed by atoms with Crippen molar-refractivity contribution >= 4 is 11.6 Å². The molecule has 0 fully saturated rings. The molecule has 0 atom stereocenters. The summed E-state index contributed by atoms with van der Waals surface area (Å²) in [7, 11) is 0. The SMILES string of the molecule is [N-]=[N+]=Nc1ccc(C(N)=O)cc1. The molecule has 0 aliphatic carbocycles. The Labute approximate surface area is 68.4 Å². The summed E-state index contributed by atoms with van der Waals surface area (Å²) in [5.74, 6) is -0.498. The van der Waals surface area contributed by atoms with E-state index in [-0.39, 0.29) is 0 Å². The summed E-state index contributed by atoms with van der Waals surface area (Å²) in [6.07, 6.45) is 0. The summed E-state index contributed by atoms with van der Waals surface area (Å²) in [5, 5.41) is 3.34. The van der Waals surface area contributed by atoms with Gasteiger partial charge in [0, 0.05) is 16.2 Å². The van der Waals surface area contributed by atoms with Gasteiger partial charge in [0.25, 0.3) is 0 Å². The van der Waals surface area contributed by atoms with Crippen molar-refractivity contribution in [3.63, 3.8) is 0 Å². The monoisotopic (exact) mass is 162 g/mol. The third kappa shape index (κ3) is 1.74. The molecule has 0 saturated carbocycles. The maximum atomic E-state index is 10.6. The van der Waals surface area contributed by atoms with Crippen LogP contribution in [0.15, 0.2) is 29.4 Å². The molecular weight excluding hydrogens is 156 g/mol. The van der Waals surface area contributed by atoms with E-state index in [1.165, 1.54) is 24.3 Å². The second-order valence-electron chi connectivity index (χ2n) is 2.10. The zero-order valence-corrected chi connectivity index (χ0v) is 6.14. The van der Waals surface area contributed by atoms with Gasteiger partial charge in [0.2, 0.25) is 5.91 Å². The molecule has 0 aliphatic heterocycles. The summed E-state index contributed by atoms with van der Waals surface area (Å²) in [4.78, 5) is 13.2. The number of hydrogen-bond donors (Lipinski definition) is 1. The normalized spacial score (nSPS) is 8.67. The standard InChI is InChI=1S/C7H6N4O/c8-7(12)5-1-3-6(4-2-5)10-11-9/h1-4H,(H2,8,12). The van der Waals surface area contributed by atoms with E-state index in [0.717, 1.165) is 0 Å². The number of carbonyl (C=O) groups excluding carboxylic acids is 1. The van der Waals surface area contributed by atoms with E-state index in [9.17, 15) is 4.79 Å². The number of carbonyl (C=O) groups is 1. The predicted octanol–water partition coefficient (Wildman–Crippen LogP) is 1.73. The van der Waals surface area contributed by atoms with Crippen LogP contribution in [0.2, 0.25) is 0 Å². The molecule has 0 radical (unpaired) electrons. The van der Waals surface area contributed by atoms with Gasteiger partial charge in [0.05, 0.1) is 0 Å². The van der Waals surface area contributed by atoms with Crippen molar-refractivity contribution < 1.29 is 4.79 Å². The zero-order valence-electron chi connectivity index (χ0n) is 6.14. The molecule has 1 aromatic rings. The number of rotatable bonds is 2. The summed E-state index contributed by atoms with van der Waals surface area (Å²) < 4.78 is 0. The highest BCUT2D eigenvalue weighted by Crippen LogP contribution is 2.12. The first-order chi connectivity index (χ1) is 5.74. The van der Waals surface area contributed by atoms with Gasteiger partial charge in [-0.05, 0) is 17.7 Å². The topological polar surface area (TPSA) is 91.8 Å². The van der Waals surface area contributed by atoms with Gasteiger partial charge >= 0.3 is 0 Å². The van der Waals surface area contributed by atoms with Crippen molar-refractivity contribution in [2.75, 3.05) is 0 Å². The maximum absolute atomic E-state index is 10.6. The van der Waals surface area contributed by atoms with Crippen LogP contribution in [-0.2, 0) is 0 Å². The third-order valence-electron chi connectivity index (χ3n) is 1.31. The predicted molar refractivity (Wildman–Crippen MR) is 43.8 cm³/mol. The van der Waals surface area contributed by atoms with Crippen LogP contribution in [0.25, 0.3) is 10.4 Å². The minimum atomic E-state index is -0.498. The Morgan fingerprint density at radius 3 is 2.42 bits per heavy atom. The van der Waals surface area contributed by atoms with E-state index in [2.05, 4.69) is 10.0 Å². The van der Waals surface area contributed by atoms with E-state index in [0.29, 0.717) is 11.3 Å². The van der Waals surface area contributed by atoms with Gasteiger partial charge in [-0.25, -0.2) is 0 Å². The molecule has 0 aromatic heterocycles. The highest BCUT2D eigenvalue weighted by Gasteiger charge is 1.97. The van der Waals surface area contributed by atoms with Gasteiger partial charge < -0.3 is 5.73 Å². The average Bonchev–Trinajstić information content (AvgIpc) is 2.06. The van der Waals surface area contributed by atoms with Crippen molar-refractivity contribution in [1.29, 1.82) is 0 Å². The fourth-order valence-electron chi connectivity index (χ4n) is 0.744. The molecule has 0 aliphatic rings. The van der Waals surface area contributed by atoms with Crippen molar-refractivity contribution in [1.82, 2.24) is 0 Å². The van der Waals surface area contributed by atoms with E-state index in [1.54, 1.807) is 0 Å². The number of primary amides is 1. The molecule has 0 spiro atoms. The number of nitrogens with two attached hydrogens (primary N) is 1. The third-order valence-corrected chi connectivity index (χ3v) is 1.31. The Morgan fingerprint density at radius 2 is 2.00 bits per heavy atom. The van der Waals surface area contributed by atoms with E-state index in [1.807, 2.05) is 0 Å². The van der Waals surface area contributed by atoms with E-state index >= 15 is 0 Å². The fraction of sp³-hybridized carbons (Fsp3) is 0. The van der Waals surface area contributed by atoms with Crippen LogP contribution < -0.4 is 5.73 Å². The fourth-order valence-corrected chi connectivity index (χ4v) is 0.744. The van der Waals surface area contributed by atoms with Gasteiger partial charge in [-0.1, -0.05) is 17.2 Å². The lowest BCUT2D eigenvalue weighted by Gasteiger charge is -1.93. The van der Waals surface area contributed by atoms with Crippen LogP contribution in [-0.4, -0.2) is 5.91 Å².